The van der Waals surface area contributed by atoms with E-state index >= 15 is 0 Å². The van der Waals surface area contributed by atoms with Crippen molar-refractivity contribution >= 4 is 11.9 Å². The zero-order valence-corrected chi connectivity index (χ0v) is 16.0. The fourth-order valence-electron chi connectivity index (χ4n) is 3.88. The third-order valence-electron chi connectivity index (χ3n) is 5.47. The lowest BCUT2D eigenvalue weighted by atomic mass is 10.1. The molecule has 1 aromatic rings. The van der Waals surface area contributed by atoms with Crippen molar-refractivity contribution in [2.45, 2.75) is 51.5 Å². The Kier molecular flexibility index (Phi) is 6.53. The molecule has 2 heterocycles. The van der Waals surface area contributed by atoms with Gasteiger partial charge in [0.1, 0.15) is 0 Å². The van der Waals surface area contributed by atoms with Crippen molar-refractivity contribution in [2.75, 3.05) is 33.2 Å². The molecule has 26 heavy (non-hydrogen) atoms. The topological polar surface area (TPSA) is 43.9 Å². The van der Waals surface area contributed by atoms with Crippen LogP contribution in [0.4, 0.5) is 4.79 Å². The van der Waals surface area contributed by atoms with Crippen LogP contribution in [0.1, 0.15) is 60.9 Å². The molecule has 0 unspecified atom stereocenters. The van der Waals surface area contributed by atoms with Gasteiger partial charge in [0.05, 0.1) is 0 Å². The summed E-state index contributed by atoms with van der Waals surface area (Å²) in [5, 5.41) is 0. The average Bonchev–Trinajstić information content (AvgIpc) is 2.97. The number of piperidine rings is 1. The number of carbonyl (C=O) groups is 2. The Morgan fingerprint density at radius 2 is 1.31 bits per heavy atom. The number of hydrogen-bond acceptors (Lipinski definition) is 2. The van der Waals surface area contributed by atoms with Crippen LogP contribution >= 0.6 is 0 Å². The summed E-state index contributed by atoms with van der Waals surface area (Å²) in [4.78, 5) is 30.9. The first-order valence-electron chi connectivity index (χ1n) is 10.0. The number of amides is 3. The molecule has 2 aliphatic rings. The van der Waals surface area contributed by atoms with E-state index in [0.717, 1.165) is 63.0 Å². The molecule has 0 aromatic heterocycles. The molecule has 0 N–H and O–H groups in total. The number of carbonyl (C=O) groups excluding carboxylic acids is 2. The van der Waals surface area contributed by atoms with E-state index in [2.05, 4.69) is 0 Å². The van der Waals surface area contributed by atoms with Crippen LogP contribution in [-0.2, 0) is 6.54 Å². The van der Waals surface area contributed by atoms with Gasteiger partial charge in [-0.3, -0.25) is 4.79 Å². The van der Waals surface area contributed by atoms with Crippen LogP contribution in [-0.4, -0.2) is 59.9 Å². The van der Waals surface area contributed by atoms with E-state index in [0.29, 0.717) is 6.54 Å². The summed E-state index contributed by atoms with van der Waals surface area (Å²) in [5.41, 5.74) is 1.81. The van der Waals surface area contributed by atoms with E-state index in [9.17, 15) is 9.59 Å². The first kappa shape index (κ1) is 18.7. The van der Waals surface area contributed by atoms with E-state index in [1.54, 1.807) is 4.90 Å². The number of benzene rings is 1. The van der Waals surface area contributed by atoms with Crippen LogP contribution < -0.4 is 0 Å². The summed E-state index contributed by atoms with van der Waals surface area (Å²) in [5.74, 6) is 0.135. The molecule has 0 radical (unpaired) electrons. The summed E-state index contributed by atoms with van der Waals surface area (Å²) in [6.45, 7) is 4.05. The Morgan fingerprint density at radius 1 is 0.808 bits per heavy atom. The Morgan fingerprint density at radius 3 is 1.88 bits per heavy atom. The zero-order chi connectivity index (χ0) is 18.4. The van der Waals surface area contributed by atoms with Gasteiger partial charge in [0, 0.05) is 45.3 Å². The predicted molar refractivity (Wildman–Crippen MR) is 103 cm³/mol. The number of hydrogen-bond donors (Lipinski definition) is 0. The highest BCUT2D eigenvalue weighted by Crippen LogP contribution is 2.16. The Balaban J connectivity index is 1.56. The fraction of sp³-hybridized carbons (Fsp3) is 0.619. The van der Waals surface area contributed by atoms with Crippen molar-refractivity contribution in [3.8, 4) is 0 Å². The van der Waals surface area contributed by atoms with E-state index in [-0.39, 0.29) is 11.9 Å². The van der Waals surface area contributed by atoms with Crippen LogP contribution in [0.3, 0.4) is 0 Å². The molecule has 0 saturated carbocycles. The smallest absolute Gasteiger partial charge is 0.320 e. The first-order valence-corrected chi connectivity index (χ1v) is 10.0. The van der Waals surface area contributed by atoms with Gasteiger partial charge in [0.15, 0.2) is 0 Å². The van der Waals surface area contributed by atoms with E-state index in [4.69, 9.17) is 0 Å². The average molecular weight is 357 g/mol. The van der Waals surface area contributed by atoms with Crippen LogP contribution in [0, 0.1) is 0 Å². The van der Waals surface area contributed by atoms with Gasteiger partial charge in [-0.2, -0.15) is 0 Å². The number of nitrogens with zero attached hydrogens (tertiary/aromatic N) is 3. The first-order chi connectivity index (χ1) is 12.6. The second-order valence-electron chi connectivity index (χ2n) is 7.59. The minimum atomic E-state index is 0.106. The highest BCUT2D eigenvalue weighted by atomic mass is 16.2. The molecule has 3 amide bonds. The van der Waals surface area contributed by atoms with Crippen molar-refractivity contribution in [3.05, 3.63) is 35.4 Å². The molecule has 3 rings (SSSR count). The predicted octanol–water partition coefficient (Wildman–Crippen LogP) is 3.74. The quantitative estimate of drug-likeness (QED) is 0.827. The van der Waals surface area contributed by atoms with Gasteiger partial charge in [-0.1, -0.05) is 25.0 Å². The Bertz CT molecular complexity index is 600. The highest BCUT2D eigenvalue weighted by Gasteiger charge is 2.20. The normalized spacial score (nSPS) is 18.3. The summed E-state index contributed by atoms with van der Waals surface area (Å²) < 4.78 is 0. The highest BCUT2D eigenvalue weighted by molar-refractivity contribution is 5.94. The number of likely N-dealkylation sites (tertiary alicyclic amines) is 2. The van der Waals surface area contributed by atoms with E-state index < -0.39 is 0 Å². The molecular formula is C21H31N3O2. The van der Waals surface area contributed by atoms with Gasteiger partial charge >= 0.3 is 6.03 Å². The van der Waals surface area contributed by atoms with Crippen molar-refractivity contribution in [3.63, 3.8) is 0 Å². The van der Waals surface area contributed by atoms with Crippen molar-refractivity contribution in [1.82, 2.24) is 14.7 Å². The van der Waals surface area contributed by atoms with Gasteiger partial charge in [-0.15, -0.1) is 0 Å². The van der Waals surface area contributed by atoms with Crippen molar-refractivity contribution < 1.29 is 9.59 Å². The maximum Gasteiger partial charge on any atom is 0.320 e. The largest absolute Gasteiger partial charge is 0.339 e. The molecule has 0 spiro atoms. The second kappa shape index (κ2) is 9.06. The molecule has 2 saturated heterocycles. The van der Waals surface area contributed by atoms with Gasteiger partial charge in [0.2, 0.25) is 0 Å². The van der Waals surface area contributed by atoms with E-state index in [1.807, 2.05) is 41.1 Å². The lowest BCUT2D eigenvalue weighted by molar-refractivity contribution is 0.0761. The summed E-state index contributed by atoms with van der Waals surface area (Å²) >= 11 is 0. The standard InChI is InChI=1S/C21H31N3O2/c1-22(21(26)24-15-7-4-8-16-24)17-18-9-11-19(12-10-18)20(25)23-13-5-2-3-6-14-23/h9-12H,2-8,13-17H2,1H3. The number of rotatable bonds is 3. The Labute approximate surface area is 156 Å². The number of urea groups is 1. The summed E-state index contributed by atoms with van der Waals surface area (Å²) in [7, 11) is 1.85. The molecule has 0 atom stereocenters. The molecule has 5 nitrogen and oxygen atoms in total. The summed E-state index contributed by atoms with van der Waals surface area (Å²) in [6, 6.07) is 7.87. The van der Waals surface area contributed by atoms with Crippen LogP contribution in [0.5, 0.6) is 0 Å². The minimum Gasteiger partial charge on any atom is -0.339 e. The van der Waals surface area contributed by atoms with Gasteiger partial charge in [-0.25, -0.2) is 4.79 Å². The fourth-order valence-corrected chi connectivity index (χ4v) is 3.88. The molecule has 1 aromatic carbocycles. The SMILES string of the molecule is CN(Cc1ccc(C(=O)N2CCCCCC2)cc1)C(=O)N1CCCCC1. The van der Waals surface area contributed by atoms with Crippen LogP contribution in [0.15, 0.2) is 24.3 Å². The maximum atomic E-state index is 12.7. The van der Waals surface area contributed by atoms with Crippen molar-refractivity contribution in [1.29, 1.82) is 0 Å². The molecule has 0 bridgehead atoms. The van der Waals surface area contributed by atoms with Crippen LogP contribution in [0.2, 0.25) is 0 Å². The molecule has 142 valence electrons. The molecule has 2 aliphatic heterocycles. The van der Waals surface area contributed by atoms with Crippen molar-refractivity contribution in [2.24, 2.45) is 0 Å². The lowest BCUT2D eigenvalue weighted by Gasteiger charge is -2.31. The Hall–Kier alpha value is -2.04. The maximum absolute atomic E-state index is 12.7. The minimum absolute atomic E-state index is 0.106. The lowest BCUT2D eigenvalue weighted by Crippen LogP contribution is -2.43. The zero-order valence-electron chi connectivity index (χ0n) is 16.0. The van der Waals surface area contributed by atoms with E-state index in [1.165, 1.54) is 19.3 Å². The van der Waals surface area contributed by atoms with Gasteiger partial charge in [-0.05, 0) is 49.8 Å². The third kappa shape index (κ3) is 4.77. The molecule has 2 fully saturated rings. The summed E-state index contributed by atoms with van der Waals surface area (Å²) in [6.07, 6.45) is 8.08. The molecule has 5 heteroatoms. The monoisotopic (exact) mass is 357 g/mol. The second-order valence-corrected chi connectivity index (χ2v) is 7.59. The van der Waals surface area contributed by atoms with Gasteiger partial charge < -0.3 is 14.7 Å². The molecule has 0 aliphatic carbocycles. The molecular weight excluding hydrogens is 326 g/mol. The van der Waals surface area contributed by atoms with Crippen LogP contribution in [0.25, 0.3) is 0 Å². The van der Waals surface area contributed by atoms with Gasteiger partial charge in [0.25, 0.3) is 5.91 Å². The third-order valence-corrected chi connectivity index (χ3v) is 5.47.